The number of rotatable bonds is 4. The van der Waals surface area contributed by atoms with Gasteiger partial charge in [0.2, 0.25) is 15.9 Å². The summed E-state index contributed by atoms with van der Waals surface area (Å²) in [5.41, 5.74) is 0.0596. The molecule has 9 heteroatoms. The molecule has 2 heterocycles. The van der Waals surface area contributed by atoms with Crippen molar-refractivity contribution in [3.05, 3.63) is 24.0 Å². The Labute approximate surface area is 134 Å². The molecule has 1 aromatic rings. The van der Waals surface area contributed by atoms with Crippen molar-refractivity contribution in [1.29, 1.82) is 0 Å². The van der Waals surface area contributed by atoms with E-state index in [4.69, 9.17) is 0 Å². The molecule has 0 aliphatic carbocycles. The summed E-state index contributed by atoms with van der Waals surface area (Å²) in [4.78, 5) is 28.2. The van der Waals surface area contributed by atoms with Crippen molar-refractivity contribution < 1.29 is 22.7 Å². The number of pyridine rings is 1. The van der Waals surface area contributed by atoms with Crippen LogP contribution in [0, 0.1) is 0 Å². The number of sulfonamides is 1. The lowest BCUT2D eigenvalue weighted by molar-refractivity contribution is -0.130. The van der Waals surface area contributed by atoms with Gasteiger partial charge in [-0.05, 0) is 18.9 Å². The van der Waals surface area contributed by atoms with Crippen LogP contribution in [0.25, 0.3) is 0 Å². The highest BCUT2D eigenvalue weighted by atomic mass is 32.2. The standard InChI is InChI=1S/C14H19N3O5S/c1-10(18)17-5-3-4-12(9-17)16-23(20,21)13-6-11(7-15-8-13)14(19)22-2/h6-8,12,16H,3-5,9H2,1-2H3/t12-/m1/s1. The summed E-state index contributed by atoms with van der Waals surface area (Å²) < 4.78 is 32.0. The van der Waals surface area contributed by atoms with Crippen molar-refractivity contribution in [3.8, 4) is 0 Å². The molecule has 1 aromatic heterocycles. The molecule has 0 unspecified atom stereocenters. The van der Waals surface area contributed by atoms with Crippen LogP contribution < -0.4 is 4.72 Å². The van der Waals surface area contributed by atoms with Gasteiger partial charge < -0.3 is 9.64 Å². The molecule has 1 amide bonds. The number of methoxy groups -OCH3 is 1. The van der Waals surface area contributed by atoms with Gasteiger partial charge in [0.05, 0.1) is 12.7 Å². The number of hydrogen-bond acceptors (Lipinski definition) is 6. The Morgan fingerprint density at radius 1 is 1.39 bits per heavy atom. The van der Waals surface area contributed by atoms with Crippen LogP contribution in [-0.4, -0.2) is 56.4 Å². The molecule has 0 radical (unpaired) electrons. The van der Waals surface area contributed by atoms with Crippen LogP contribution in [0.3, 0.4) is 0 Å². The fourth-order valence-corrected chi connectivity index (χ4v) is 3.69. The number of amides is 1. The molecule has 126 valence electrons. The summed E-state index contributed by atoms with van der Waals surface area (Å²) in [5.74, 6) is -0.738. The van der Waals surface area contributed by atoms with Gasteiger partial charge in [0.1, 0.15) is 4.90 Å². The van der Waals surface area contributed by atoms with Crippen LogP contribution in [0.4, 0.5) is 0 Å². The maximum atomic E-state index is 12.4. The lowest BCUT2D eigenvalue weighted by Gasteiger charge is -2.32. The van der Waals surface area contributed by atoms with E-state index < -0.39 is 16.0 Å². The van der Waals surface area contributed by atoms with E-state index >= 15 is 0 Å². The number of esters is 1. The maximum absolute atomic E-state index is 12.4. The Morgan fingerprint density at radius 3 is 2.78 bits per heavy atom. The first-order valence-corrected chi connectivity index (χ1v) is 8.63. The summed E-state index contributed by atoms with van der Waals surface area (Å²) in [7, 11) is -2.62. The topological polar surface area (TPSA) is 106 Å². The molecule has 1 N–H and O–H groups in total. The zero-order valence-electron chi connectivity index (χ0n) is 13.0. The summed E-state index contributed by atoms with van der Waals surface area (Å²) in [6.07, 6.45) is 3.78. The van der Waals surface area contributed by atoms with Crippen molar-refractivity contribution in [2.24, 2.45) is 0 Å². The molecule has 0 bridgehead atoms. The van der Waals surface area contributed by atoms with E-state index in [0.29, 0.717) is 19.5 Å². The molecule has 2 rings (SSSR count). The van der Waals surface area contributed by atoms with Crippen molar-refractivity contribution in [2.45, 2.75) is 30.7 Å². The number of likely N-dealkylation sites (tertiary alicyclic amines) is 1. The van der Waals surface area contributed by atoms with Crippen LogP contribution in [-0.2, 0) is 19.6 Å². The van der Waals surface area contributed by atoms with Crippen molar-refractivity contribution in [2.75, 3.05) is 20.2 Å². The van der Waals surface area contributed by atoms with Crippen molar-refractivity contribution >= 4 is 21.9 Å². The monoisotopic (exact) mass is 341 g/mol. The van der Waals surface area contributed by atoms with Crippen LogP contribution in [0.15, 0.2) is 23.4 Å². The van der Waals surface area contributed by atoms with Crippen LogP contribution in [0.5, 0.6) is 0 Å². The average Bonchev–Trinajstić information content (AvgIpc) is 2.54. The van der Waals surface area contributed by atoms with Gasteiger partial charge in [0.15, 0.2) is 0 Å². The zero-order chi connectivity index (χ0) is 17.0. The average molecular weight is 341 g/mol. The minimum atomic E-state index is -3.83. The van der Waals surface area contributed by atoms with E-state index in [1.54, 1.807) is 4.90 Å². The highest BCUT2D eigenvalue weighted by molar-refractivity contribution is 7.89. The van der Waals surface area contributed by atoms with Gasteiger partial charge in [-0.15, -0.1) is 0 Å². The van der Waals surface area contributed by atoms with E-state index in [2.05, 4.69) is 14.4 Å². The highest BCUT2D eigenvalue weighted by Crippen LogP contribution is 2.15. The van der Waals surface area contributed by atoms with Crippen LogP contribution in [0.2, 0.25) is 0 Å². The van der Waals surface area contributed by atoms with E-state index in [1.807, 2.05) is 0 Å². The summed E-state index contributed by atoms with van der Waals surface area (Å²) in [5, 5.41) is 0. The minimum Gasteiger partial charge on any atom is -0.465 e. The zero-order valence-corrected chi connectivity index (χ0v) is 13.8. The molecular weight excluding hydrogens is 322 g/mol. The Balaban J connectivity index is 2.15. The lowest BCUT2D eigenvalue weighted by atomic mass is 10.1. The Bertz CT molecular complexity index is 704. The first kappa shape index (κ1) is 17.4. The fourth-order valence-electron chi connectivity index (χ4n) is 2.44. The number of nitrogens with one attached hydrogen (secondary N) is 1. The second-order valence-corrected chi connectivity index (χ2v) is 7.04. The first-order valence-electron chi connectivity index (χ1n) is 7.14. The molecule has 23 heavy (non-hydrogen) atoms. The number of carbonyl (C=O) groups excluding carboxylic acids is 2. The molecule has 1 atom stereocenters. The van der Waals surface area contributed by atoms with Gasteiger partial charge in [-0.1, -0.05) is 0 Å². The smallest absolute Gasteiger partial charge is 0.339 e. The number of nitrogens with zero attached hydrogens (tertiary/aromatic N) is 2. The van der Waals surface area contributed by atoms with Gasteiger partial charge in [-0.25, -0.2) is 17.9 Å². The van der Waals surface area contributed by atoms with E-state index in [1.165, 1.54) is 32.5 Å². The largest absolute Gasteiger partial charge is 0.465 e. The predicted octanol–water partition coefficient (Wildman–Crippen LogP) is 0.157. The molecular formula is C14H19N3O5S. The minimum absolute atomic E-state index is 0.0596. The predicted molar refractivity (Wildman–Crippen MR) is 81.2 cm³/mol. The first-order chi connectivity index (χ1) is 10.8. The lowest BCUT2D eigenvalue weighted by Crippen LogP contribution is -2.49. The second-order valence-electron chi connectivity index (χ2n) is 5.33. The molecule has 1 aliphatic heterocycles. The third-order valence-electron chi connectivity index (χ3n) is 3.63. The SMILES string of the molecule is COC(=O)c1cncc(S(=O)(=O)N[C@@H]2CCCN(C(C)=O)C2)c1. The fraction of sp³-hybridized carbons (Fsp3) is 0.500. The third kappa shape index (κ3) is 4.26. The van der Waals surface area contributed by atoms with Crippen molar-refractivity contribution in [1.82, 2.24) is 14.6 Å². The Morgan fingerprint density at radius 2 is 2.13 bits per heavy atom. The number of carbonyl (C=O) groups is 2. The van der Waals surface area contributed by atoms with E-state index in [-0.39, 0.29) is 22.4 Å². The normalized spacial score (nSPS) is 18.5. The number of piperidine rings is 1. The number of ether oxygens (including phenoxy) is 1. The van der Waals surface area contributed by atoms with E-state index in [0.717, 1.165) is 6.42 Å². The molecule has 1 fully saturated rings. The summed E-state index contributed by atoms with van der Waals surface area (Å²) in [6, 6.07) is 0.853. The summed E-state index contributed by atoms with van der Waals surface area (Å²) >= 11 is 0. The van der Waals surface area contributed by atoms with Gasteiger partial charge in [-0.3, -0.25) is 9.78 Å². The van der Waals surface area contributed by atoms with Crippen molar-refractivity contribution in [3.63, 3.8) is 0 Å². The molecule has 0 saturated carbocycles. The molecule has 1 aliphatic rings. The van der Waals surface area contributed by atoms with E-state index in [9.17, 15) is 18.0 Å². The molecule has 1 saturated heterocycles. The van der Waals surface area contributed by atoms with Gasteiger partial charge in [0.25, 0.3) is 0 Å². The number of hydrogen-bond donors (Lipinski definition) is 1. The second kappa shape index (κ2) is 7.05. The van der Waals surface area contributed by atoms with Gasteiger partial charge in [0, 0.05) is 38.4 Å². The van der Waals surface area contributed by atoms with Crippen LogP contribution >= 0.6 is 0 Å². The Kier molecular flexibility index (Phi) is 5.32. The molecule has 0 spiro atoms. The van der Waals surface area contributed by atoms with Crippen LogP contribution in [0.1, 0.15) is 30.1 Å². The van der Waals surface area contributed by atoms with Gasteiger partial charge in [-0.2, -0.15) is 0 Å². The maximum Gasteiger partial charge on any atom is 0.339 e. The summed E-state index contributed by atoms with van der Waals surface area (Å²) in [6.45, 7) is 2.42. The number of aromatic nitrogens is 1. The third-order valence-corrected chi connectivity index (χ3v) is 5.12. The quantitative estimate of drug-likeness (QED) is 0.782. The van der Waals surface area contributed by atoms with Gasteiger partial charge >= 0.3 is 5.97 Å². The molecule has 8 nitrogen and oxygen atoms in total. The molecule has 0 aromatic carbocycles. The highest BCUT2D eigenvalue weighted by Gasteiger charge is 2.27. The Hall–Kier alpha value is -2.00.